The predicted octanol–water partition coefficient (Wildman–Crippen LogP) is 9.44. The van der Waals surface area contributed by atoms with Crippen molar-refractivity contribution in [2.75, 3.05) is 25.4 Å². The first kappa shape index (κ1) is 42.8. The smallest absolute Gasteiger partial charge is 0.410 e. The molecule has 0 aromatic heterocycles. The van der Waals surface area contributed by atoms with Crippen LogP contribution >= 0.6 is 0 Å². The summed E-state index contributed by atoms with van der Waals surface area (Å²) < 4.78 is 18.8. The van der Waals surface area contributed by atoms with E-state index in [1.165, 1.54) is 11.1 Å². The number of primary amides is 1. The van der Waals surface area contributed by atoms with E-state index < -0.39 is 5.91 Å². The summed E-state index contributed by atoms with van der Waals surface area (Å²) in [5.74, 6) is 1.65. The molecule has 0 saturated heterocycles. The number of hydrogen-bond acceptors (Lipinski definition) is 7. The van der Waals surface area contributed by atoms with Gasteiger partial charge in [-0.05, 0) is 103 Å². The number of unbranched alkanes of at least 4 members (excludes halogenated alkanes) is 2. The lowest BCUT2D eigenvalue weighted by Crippen LogP contribution is -2.39. The van der Waals surface area contributed by atoms with Gasteiger partial charge in [-0.15, -0.1) is 0 Å². The van der Waals surface area contributed by atoms with Crippen LogP contribution in [0, 0.1) is 5.92 Å². The number of nitrogens with two attached hydrogens (primary N) is 2. The zero-order valence-electron chi connectivity index (χ0n) is 34.5. The molecule has 2 amide bonds. The first-order chi connectivity index (χ1) is 28.9. The highest BCUT2D eigenvalue weighted by molar-refractivity contribution is 5.93. The number of hydrogen-bond donors (Lipinski definition) is 3. The minimum Gasteiger partial charge on any atom is -0.485 e. The highest BCUT2D eigenvalue weighted by atomic mass is 16.6. The maximum atomic E-state index is 13.4. The normalized spacial score (nSPS) is 13.9. The van der Waals surface area contributed by atoms with Gasteiger partial charge in [0.15, 0.2) is 11.5 Å². The molecule has 1 unspecified atom stereocenters. The van der Waals surface area contributed by atoms with E-state index >= 15 is 0 Å². The monoisotopic (exact) mass is 796 g/mol. The van der Waals surface area contributed by atoms with Gasteiger partial charge >= 0.3 is 6.09 Å². The molecule has 0 aliphatic heterocycles. The highest BCUT2D eigenvalue weighted by Crippen LogP contribution is 2.41. The molecule has 1 aliphatic carbocycles. The minimum atomic E-state index is -0.521. The standard InChI is InChI=1S/C50H60N4O5/c1-2-29-53-46(21-13-6-14-30-54(50(56)59-36-39-19-11-5-12-20-39)31-28-40-22-23-43(49(52)55)33-45(40)51)42-24-26-44-41(32-42)25-27-47(57-34-37-15-7-3-8-16-37)48(44)58-35-38-17-9-4-10-18-38/h3-5,7-12,15-20,22-23,25,27,33,42,46,53H,2,6,13-14,21,24,26,28-32,34-36,51H2,1H3,(H2,52,55)/t42?,46-/m0/s1. The zero-order chi connectivity index (χ0) is 41.2. The van der Waals surface area contributed by atoms with Gasteiger partial charge in [0.05, 0.1) is 0 Å². The average molecular weight is 797 g/mol. The van der Waals surface area contributed by atoms with Gasteiger partial charge in [0.25, 0.3) is 0 Å². The topological polar surface area (TPSA) is 129 Å². The van der Waals surface area contributed by atoms with Gasteiger partial charge in [-0.25, -0.2) is 4.79 Å². The third-order valence-electron chi connectivity index (χ3n) is 11.2. The summed E-state index contributed by atoms with van der Waals surface area (Å²) in [6.45, 7) is 5.42. The zero-order valence-corrected chi connectivity index (χ0v) is 34.5. The lowest BCUT2D eigenvalue weighted by Gasteiger charge is -2.33. The SMILES string of the molecule is CCCN[C@@H](CCCCCN(CCc1ccc(C(N)=O)cc1N)C(=O)OCc1ccccc1)C1CCc2c(ccc(OCc3ccccc3)c2OCc2ccccc2)C1. The van der Waals surface area contributed by atoms with Crippen LogP contribution < -0.4 is 26.3 Å². The Morgan fingerprint density at radius 3 is 2.08 bits per heavy atom. The van der Waals surface area contributed by atoms with Gasteiger partial charge in [0, 0.05) is 35.9 Å². The molecule has 2 atom stereocenters. The Morgan fingerprint density at radius 1 is 0.780 bits per heavy atom. The number of ether oxygens (including phenoxy) is 3. The van der Waals surface area contributed by atoms with E-state index in [1.807, 2.05) is 72.8 Å². The Hall–Kier alpha value is -5.80. The van der Waals surface area contributed by atoms with Gasteiger partial charge < -0.3 is 35.9 Å². The van der Waals surface area contributed by atoms with Crippen molar-refractivity contribution in [3.8, 4) is 11.5 Å². The predicted molar refractivity (Wildman–Crippen MR) is 235 cm³/mol. The van der Waals surface area contributed by atoms with Crippen LogP contribution in [0.5, 0.6) is 11.5 Å². The largest absolute Gasteiger partial charge is 0.485 e. The van der Waals surface area contributed by atoms with Crippen LogP contribution in [-0.4, -0.2) is 42.6 Å². The average Bonchev–Trinajstić information content (AvgIpc) is 3.27. The fourth-order valence-corrected chi connectivity index (χ4v) is 7.92. The summed E-state index contributed by atoms with van der Waals surface area (Å²) in [6.07, 6.45) is 8.24. The number of nitrogens with one attached hydrogen (secondary N) is 1. The van der Waals surface area contributed by atoms with Crippen molar-refractivity contribution >= 4 is 17.7 Å². The summed E-state index contributed by atoms with van der Waals surface area (Å²) in [6, 6.07) is 40.1. The van der Waals surface area contributed by atoms with Crippen LogP contribution in [0.3, 0.4) is 0 Å². The molecule has 9 heteroatoms. The lowest BCUT2D eigenvalue weighted by molar-refractivity contribution is 0.0956. The first-order valence-corrected chi connectivity index (χ1v) is 21.2. The van der Waals surface area contributed by atoms with Crippen molar-refractivity contribution < 1.29 is 23.8 Å². The van der Waals surface area contributed by atoms with Crippen LogP contribution in [0.25, 0.3) is 0 Å². The Morgan fingerprint density at radius 2 is 1.44 bits per heavy atom. The van der Waals surface area contributed by atoms with Gasteiger partial charge in [0.2, 0.25) is 5.91 Å². The fourth-order valence-electron chi connectivity index (χ4n) is 7.92. The molecule has 0 spiro atoms. The van der Waals surface area contributed by atoms with Crippen molar-refractivity contribution in [1.29, 1.82) is 0 Å². The van der Waals surface area contributed by atoms with Crippen LogP contribution in [0.15, 0.2) is 121 Å². The summed E-state index contributed by atoms with van der Waals surface area (Å²) in [5, 5.41) is 3.90. The second-order valence-corrected chi connectivity index (χ2v) is 15.5. The number of carbonyl (C=O) groups is 2. The van der Waals surface area contributed by atoms with E-state index in [4.69, 9.17) is 25.7 Å². The number of benzene rings is 5. The summed E-state index contributed by atoms with van der Waals surface area (Å²) in [4.78, 5) is 26.8. The van der Waals surface area contributed by atoms with E-state index in [1.54, 1.807) is 17.0 Å². The first-order valence-electron chi connectivity index (χ1n) is 21.2. The molecule has 5 N–H and O–H groups in total. The second kappa shape index (κ2) is 22.4. The van der Waals surface area contributed by atoms with Crippen LogP contribution in [0.1, 0.15) is 89.2 Å². The minimum absolute atomic E-state index is 0.212. The number of fused-ring (bicyclic) bond motifs is 1. The molecule has 1 aliphatic rings. The van der Waals surface area contributed by atoms with Gasteiger partial charge in [-0.1, -0.05) is 123 Å². The lowest BCUT2D eigenvalue weighted by atomic mass is 9.78. The third kappa shape index (κ3) is 12.8. The molecular formula is C50H60N4O5. The molecule has 0 radical (unpaired) electrons. The highest BCUT2D eigenvalue weighted by Gasteiger charge is 2.29. The van der Waals surface area contributed by atoms with E-state index in [0.29, 0.717) is 55.9 Å². The molecule has 0 heterocycles. The number of nitrogens with zero attached hydrogens (tertiary/aromatic N) is 1. The van der Waals surface area contributed by atoms with E-state index in [2.05, 4.69) is 48.6 Å². The molecule has 310 valence electrons. The summed E-state index contributed by atoms with van der Waals surface area (Å²) in [7, 11) is 0. The van der Waals surface area contributed by atoms with Crippen molar-refractivity contribution in [3.05, 3.63) is 160 Å². The van der Waals surface area contributed by atoms with E-state index in [9.17, 15) is 9.59 Å². The van der Waals surface area contributed by atoms with Crippen LogP contribution in [0.2, 0.25) is 0 Å². The number of amides is 2. The quantitative estimate of drug-likeness (QED) is 0.0470. The molecule has 0 fully saturated rings. The van der Waals surface area contributed by atoms with Gasteiger partial charge in [-0.2, -0.15) is 0 Å². The van der Waals surface area contributed by atoms with Gasteiger partial charge in [0.1, 0.15) is 19.8 Å². The number of rotatable bonds is 22. The molecule has 6 rings (SSSR count). The van der Waals surface area contributed by atoms with Gasteiger partial charge in [-0.3, -0.25) is 4.79 Å². The molecule has 59 heavy (non-hydrogen) atoms. The molecule has 0 bridgehead atoms. The molecule has 5 aromatic carbocycles. The van der Waals surface area contributed by atoms with Crippen molar-refractivity contribution in [2.45, 2.75) is 90.6 Å². The summed E-state index contributed by atoms with van der Waals surface area (Å²) in [5.41, 5.74) is 19.2. The Kier molecular flexibility index (Phi) is 16.2. The Bertz CT molecular complexity index is 2060. The molecular weight excluding hydrogens is 737 g/mol. The van der Waals surface area contributed by atoms with Crippen LogP contribution in [0.4, 0.5) is 10.5 Å². The molecule has 5 aromatic rings. The number of nitrogen functional groups attached to an aromatic ring is 1. The third-order valence-corrected chi connectivity index (χ3v) is 11.2. The number of carbonyl (C=O) groups excluding carboxylic acids is 2. The second-order valence-electron chi connectivity index (χ2n) is 15.5. The Balaban J connectivity index is 1.07. The number of anilines is 1. The van der Waals surface area contributed by atoms with Crippen molar-refractivity contribution in [2.24, 2.45) is 11.7 Å². The molecule has 9 nitrogen and oxygen atoms in total. The maximum absolute atomic E-state index is 13.4. The maximum Gasteiger partial charge on any atom is 0.410 e. The van der Waals surface area contributed by atoms with Crippen molar-refractivity contribution in [1.82, 2.24) is 10.2 Å². The summed E-state index contributed by atoms with van der Waals surface area (Å²) >= 11 is 0. The van der Waals surface area contributed by atoms with E-state index in [-0.39, 0.29) is 12.7 Å². The Labute approximate surface area is 350 Å². The van der Waals surface area contributed by atoms with Crippen LogP contribution in [-0.2, 0) is 43.8 Å². The van der Waals surface area contributed by atoms with E-state index in [0.717, 1.165) is 91.7 Å². The molecule has 0 saturated carbocycles. The fraction of sp³-hybridized carbons (Fsp3) is 0.360. The van der Waals surface area contributed by atoms with Crippen molar-refractivity contribution in [3.63, 3.8) is 0 Å².